The van der Waals surface area contributed by atoms with Gasteiger partial charge < -0.3 is 14.8 Å². The van der Waals surface area contributed by atoms with E-state index >= 15 is 0 Å². The second-order valence-electron chi connectivity index (χ2n) is 5.18. The van der Waals surface area contributed by atoms with E-state index in [1.54, 1.807) is 12.1 Å². The first-order valence-corrected chi connectivity index (χ1v) is 7.00. The van der Waals surface area contributed by atoms with Gasteiger partial charge in [0.05, 0.1) is 13.2 Å². The van der Waals surface area contributed by atoms with Crippen molar-refractivity contribution in [2.24, 2.45) is 0 Å². The van der Waals surface area contributed by atoms with Crippen LogP contribution in [0.25, 0.3) is 0 Å². The molecular formula is C17H18FNO2. The summed E-state index contributed by atoms with van der Waals surface area (Å²) in [5.41, 5.74) is 1.75. The van der Waals surface area contributed by atoms with Crippen LogP contribution < -0.4 is 14.8 Å². The summed E-state index contributed by atoms with van der Waals surface area (Å²) in [4.78, 5) is 0. The second kappa shape index (κ2) is 5.74. The highest BCUT2D eigenvalue weighted by Crippen LogP contribution is 2.33. The Morgan fingerprint density at radius 3 is 2.86 bits per heavy atom. The van der Waals surface area contributed by atoms with E-state index in [1.165, 1.54) is 13.2 Å². The minimum Gasteiger partial charge on any atom is -0.497 e. The van der Waals surface area contributed by atoms with Crippen molar-refractivity contribution in [1.82, 2.24) is 5.32 Å². The lowest BCUT2D eigenvalue weighted by Gasteiger charge is -2.20. The van der Waals surface area contributed by atoms with Crippen LogP contribution in [0, 0.1) is 5.82 Å². The number of hydrogen-bond donors (Lipinski definition) is 1. The number of ether oxygens (including phenoxy) is 2. The van der Waals surface area contributed by atoms with Gasteiger partial charge in [0, 0.05) is 23.2 Å². The molecule has 1 N–H and O–H groups in total. The molecule has 0 bridgehead atoms. The van der Waals surface area contributed by atoms with Gasteiger partial charge >= 0.3 is 0 Å². The summed E-state index contributed by atoms with van der Waals surface area (Å²) in [6, 6.07) is 12.8. The summed E-state index contributed by atoms with van der Waals surface area (Å²) in [7, 11) is 1.53. The molecule has 0 spiro atoms. The zero-order valence-electron chi connectivity index (χ0n) is 12.1. The quantitative estimate of drug-likeness (QED) is 0.931. The number of halogens is 1. The van der Waals surface area contributed by atoms with Crippen molar-refractivity contribution in [1.29, 1.82) is 0 Å². The molecule has 0 saturated heterocycles. The highest BCUT2D eigenvalue weighted by atomic mass is 19.1. The largest absolute Gasteiger partial charge is 0.497 e. The lowest BCUT2D eigenvalue weighted by atomic mass is 10.0. The van der Waals surface area contributed by atoms with E-state index in [-0.39, 0.29) is 17.9 Å². The van der Waals surface area contributed by atoms with Gasteiger partial charge in [-0.3, -0.25) is 0 Å². The Balaban J connectivity index is 1.77. The summed E-state index contributed by atoms with van der Waals surface area (Å²) < 4.78 is 24.8. The third kappa shape index (κ3) is 2.72. The monoisotopic (exact) mass is 287 g/mol. The number of methoxy groups -OCH3 is 1. The maximum atomic E-state index is 14.1. The third-order valence-corrected chi connectivity index (χ3v) is 3.83. The molecular weight excluding hydrogens is 269 g/mol. The predicted molar refractivity (Wildman–Crippen MR) is 79.2 cm³/mol. The maximum Gasteiger partial charge on any atom is 0.131 e. The molecule has 0 aliphatic carbocycles. The molecule has 2 atom stereocenters. The van der Waals surface area contributed by atoms with Gasteiger partial charge in [-0.15, -0.1) is 0 Å². The van der Waals surface area contributed by atoms with Gasteiger partial charge in [0.15, 0.2) is 0 Å². The fraction of sp³-hybridized carbons (Fsp3) is 0.294. The fourth-order valence-electron chi connectivity index (χ4n) is 2.68. The van der Waals surface area contributed by atoms with Gasteiger partial charge in [-0.2, -0.15) is 0 Å². The summed E-state index contributed by atoms with van der Waals surface area (Å²) in [6.07, 6.45) is 0. The molecule has 1 aliphatic rings. The first kappa shape index (κ1) is 13.9. The van der Waals surface area contributed by atoms with E-state index in [4.69, 9.17) is 9.47 Å². The van der Waals surface area contributed by atoms with Crippen LogP contribution in [0.2, 0.25) is 0 Å². The smallest absolute Gasteiger partial charge is 0.131 e. The number of rotatable bonds is 4. The molecule has 0 saturated carbocycles. The number of hydrogen-bond acceptors (Lipinski definition) is 3. The van der Waals surface area contributed by atoms with E-state index < -0.39 is 0 Å². The maximum absolute atomic E-state index is 14.1. The summed E-state index contributed by atoms with van der Waals surface area (Å²) >= 11 is 0. The Labute approximate surface area is 123 Å². The van der Waals surface area contributed by atoms with Crippen LogP contribution in [0.15, 0.2) is 42.5 Å². The van der Waals surface area contributed by atoms with Gasteiger partial charge in [0.25, 0.3) is 0 Å². The minimum absolute atomic E-state index is 0.0812. The van der Waals surface area contributed by atoms with E-state index in [0.29, 0.717) is 17.9 Å². The first-order valence-electron chi connectivity index (χ1n) is 7.00. The van der Waals surface area contributed by atoms with Crippen LogP contribution in [0.1, 0.15) is 30.1 Å². The van der Waals surface area contributed by atoms with Crippen molar-refractivity contribution in [3.05, 3.63) is 59.4 Å². The molecule has 1 heterocycles. The van der Waals surface area contributed by atoms with Gasteiger partial charge in [0.2, 0.25) is 0 Å². The molecule has 21 heavy (non-hydrogen) atoms. The van der Waals surface area contributed by atoms with E-state index in [0.717, 1.165) is 11.3 Å². The topological polar surface area (TPSA) is 30.5 Å². The van der Waals surface area contributed by atoms with Crippen molar-refractivity contribution in [2.75, 3.05) is 13.7 Å². The second-order valence-corrected chi connectivity index (χ2v) is 5.18. The Morgan fingerprint density at radius 1 is 1.29 bits per heavy atom. The van der Waals surface area contributed by atoms with E-state index in [9.17, 15) is 4.39 Å². The number of benzene rings is 2. The molecule has 4 heteroatoms. The SMILES string of the molecule is COc1ccc(C(C)NC2COc3ccccc32)c(F)c1. The number of fused-ring (bicyclic) bond motifs is 1. The molecule has 0 radical (unpaired) electrons. The normalized spacial score (nSPS) is 18.0. The van der Waals surface area contributed by atoms with Crippen LogP contribution in [-0.4, -0.2) is 13.7 Å². The molecule has 0 fully saturated rings. The van der Waals surface area contributed by atoms with Gasteiger partial charge in [0.1, 0.15) is 23.9 Å². The Morgan fingerprint density at radius 2 is 2.10 bits per heavy atom. The Kier molecular flexibility index (Phi) is 3.80. The summed E-state index contributed by atoms with van der Waals surface area (Å²) in [6.45, 7) is 2.52. The van der Waals surface area contributed by atoms with Crippen LogP contribution in [-0.2, 0) is 0 Å². The summed E-state index contributed by atoms with van der Waals surface area (Å²) in [5, 5.41) is 3.42. The highest BCUT2D eigenvalue weighted by molar-refractivity contribution is 5.39. The van der Waals surface area contributed by atoms with Crippen molar-refractivity contribution < 1.29 is 13.9 Å². The van der Waals surface area contributed by atoms with Crippen molar-refractivity contribution in [3.63, 3.8) is 0 Å². The van der Waals surface area contributed by atoms with Crippen LogP contribution >= 0.6 is 0 Å². The molecule has 0 amide bonds. The Bertz CT molecular complexity index is 644. The van der Waals surface area contributed by atoms with Crippen molar-refractivity contribution in [2.45, 2.75) is 19.0 Å². The molecule has 2 aromatic carbocycles. The average Bonchev–Trinajstić information content (AvgIpc) is 2.90. The van der Waals surface area contributed by atoms with Gasteiger partial charge in [-0.05, 0) is 19.1 Å². The van der Waals surface area contributed by atoms with Crippen molar-refractivity contribution >= 4 is 0 Å². The lowest BCUT2D eigenvalue weighted by Crippen LogP contribution is -2.26. The van der Waals surface area contributed by atoms with Crippen LogP contribution in [0.4, 0.5) is 4.39 Å². The molecule has 2 aromatic rings. The zero-order chi connectivity index (χ0) is 14.8. The standard InChI is InChI=1S/C17H18FNO2/c1-11(13-8-7-12(20-2)9-15(13)18)19-16-10-21-17-6-4-3-5-14(16)17/h3-9,11,16,19H,10H2,1-2H3. The van der Waals surface area contributed by atoms with Crippen LogP contribution in [0.3, 0.4) is 0 Å². The number of nitrogens with one attached hydrogen (secondary N) is 1. The molecule has 3 nitrogen and oxygen atoms in total. The van der Waals surface area contributed by atoms with E-state index in [2.05, 4.69) is 5.32 Å². The lowest BCUT2D eigenvalue weighted by molar-refractivity contribution is 0.299. The molecule has 110 valence electrons. The average molecular weight is 287 g/mol. The Hall–Kier alpha value is -2.07. The molecule has 0 aromatic heterocycles. The third-order valence-electron chi connectivity index (χ3n) is 3.83. The van der Waals surface area contributed by atoms with Gasteiger partial charge in [-0.1, -0.05) is 24.3 Å². The van der Waals surface area contributed by atoms with Crippen LogP contribution in [0.5, 0.6) is 11.5 Å². The first-order chi connectivity index (χ1) is 10.2. The number of para-hydroxylation sites is 1. The van der Waals surface area contributed by atoms with Crippen molar-refractivity contribution in [3.8, 4) is 11.5 Å². The molecule has 3 rings (SSSR count). The predicted octanol–water partition coefficient (Wildman–Crippen LogP) is 3.62. The molecule has 2 unspecified atom stereocenters. The minimum atomic E-state index is -0.262. The van der Waals surface area contributed by atoms with E-state index in [1.807, 2.05) is 31.2 Å². The highest BCUT2D eigenvalue weighted by Gasteiger charge is 2.25. The van der Waals surface area contributed by atoms with Gasteiger partial charge in [-0.25, -0.2) is 4.39 Å². The molecule has 1 aliphatic heterocycles. The zero-order valence-corrected chi connectivity index (χ0v) is 12.1. The summed E-state index contributed by atoms with van der Waals surface area (Å²) in [5.74, 6) is 1.16. The fourth-order valence-corrected chi connectivity index (χ4v) is 2.68.